The lowest BCUT2D eigenvalue weighted by Crippen LogP contribution is -2.42. The summed E-state index contributed by atoms with van der Waals surface area (Å²) in [6.45, 7) is 6.73. The molecule has 5 nitrogen and oxygen atoms in total. The van der Waals surface area contributed by atoms with Crippen molar-refractivity contribution in [3.63, 3.8) is 0 Å². The number of esters is 2. The van der Waals surface area contributed by atoms with Crippen LogP contribution in [-0.4, -0.2) is 17.7 Å². The maximum atomic E-state index is 11.8. The fourth-order valence-corrected chi connectivity index (χ4v) is 2.12. The van der Waals surface area contributed by atoms with Gasteiger partial charge in [-0.3, -0.25) is 0 Å². The van der Waals surface area contributed by atoms with Crippen LogP contribution in [0.15, 0.2) is 23.9 Å². The number of hydrogen-bond donors (Lipinski definition) is 1. The average molecular weight is 310 g/mol. The van der Waals surface area contributed by atoms with Crippen molar-refractivity contribution < 1.29 is 19.1 Å². The van der Waals surface area contributed by atoms with Crippen LogP contribution in [0.2, 0.25) is 5.02 Å². The van der Waals surface area contributed by atoms with Crippen molar-refractivity contribution in [3.05, 3.63) is 40.1 Å². The summed E-state index contributed by atoms with van der Waals surface area (Å²) in [6.07, 6.45) is 1.28. The molecule has 0 aromatic heterocycles. The van der Waals surface area contributed by atoms with E-state index in [1.165, 1.54) is 20.0 Å². The van der Waals surface area contributed by atoms with Crippen LogP contribution in [0.5, 0.6) is 0 Å². The minimum atomic E-state index is -1.24. The molecule has 1 aliphatic rings. The Kier molecular flexibility index (Phi) is 3.96. The van der Waals surface area contributed by atoms with E-state index in [0.29, 0.717) is 5.02 Å². The number of carbonyl (C=O) groups is 2. The predicted molar refractivity (Wildman–Crippen MR) is 78.9 cm³/mol. The maximum absolute atomic E-state index is 11.8. The molecule has 0 radical (unpaired) electrons. The van der Waals surface area contributed by atoms with E-state index in [-0.39, 0.29) is 5.57 Å². The van der Waals surface area contributed by atoms with Crippen LogP contribution >= 0.6 is 11.6 Å². The molecular weight excluding hydrogens is 294 g/mol. The van der Waals surface area contributed by atoms with Crippen molar-refractivity contribution in [1.82, 2.24) is 0 Å². The van der Waals surface area contributed by atoms with Gasteiger partial charge in [-0.15, -0.1) is 0 Å². The molecular formula is C15H16ClNO4. The highest BCUT2D eigenvalue weighted by atomic mass is 35.5. The van der Waals surface area contributed by atoms with E-state index in [2.05, 4.69) is 5.32 Å². The van der Waals surface area contributed by atoms with Crippen LogP contribution in [0, 0.1) is 13.8 Å². The van der Waals surface area contributed by atoms with Crippen molar-refractivity contribution in [2.45, 2.75) is 33.5 Å². The van der Waals surface area contributed by atoms with Gasteiger partial charge in [0.25, 0.3) is 5.79 Å². The Balaban J connectivity index is 2.28. The fourth-order valence-electron chi connectivity index (χ4n) is 1.97. The van der Waals surface area contributed by atoms with Crippen molar-refractivity contribution in [1.29, 1.82) is 0 Å². The van der Waals surface area contributed by atoms with E-state index >= 15 is 0 Å². The molecule has 1 aliphatic heterocycles. The molecule has 112 valence electrons. The van der Waals surface area contributed by atoms with Crippen molar-refractivity contribution in [2.75, 3.05) is 5.32 Å². The normalized spacial score (nSPS) is 17.1. The largest absolute Gasteiger partial charge is 0.419 e. The van der Waals surface area contributed by atoms with Crippen LogP contribution in [0.25, 0.3) is 0 Å². The third-order valence-electron chi connectivity index (χ3n) is 3.08. The molecule has 1 heterocycles. The second-order valence-corrected chi connectivity index (χ2v) is 5.65. The molecule has 21 heavy (non-hydrogen) atoms. The molecule has 0 atom stereocenters. The maximum Gasteiger partial charge on any atom is 0.350 e. The fraction of sp³-hybridized carbons (Fsp3) is 0.333. The third kappa shape index (κ3) is 3.19. The first-order valence-corrected chi connectivity index (χ1v) is 6.78. The third-order valence-corrected chi connectivity index (χ3v) is 3.49. The van der Waals surface area contributed by atoms with Gasteiger partial charge < -0.3 is 14.8 Å². The smallest absolute Gasteiger partial charge is 0.350 e. The number of hydrogen-bond acceptors (Lipinski definition) is 5. The number of benzene rings is 1. The molecule has 2 rings (SSSR count). The van der Waals surface area contributed by atoms with Crippen LogP contribution in [0.1, 0.15) is 25.0 Å². The van der Waals surface area contributed by atoms with Crippen LogP contribution in [-0.2, 0) is 19.1 Å². The Morgan fingerprint density at radius 1 is 1.14 bits per heavy atom. The molecule has 0 aliphatic carbocycles. The van der Waals surface area contributed by atoms with E-state index in [1.807, 2.05) is 19.9 Å². The molecule has 0 bridgehead atoms. The molecule has 1 N–H and O–H groups in total. The summed E-state index contributed by atoms with van der Waals surface area (Å²) >= 11 is 6.06. The topological polar surface area (TPSA) is 64.6 Å². The SMILES string of the molecule is Cc1ccc(Cl)c(C)c1NC=C1C(=O)OC(C)(C)OC1=O. The van der Waals surface area contributed by atoms with E-state index in [1.54, 1.807) is 6.07 Å². The first-order valence-electron chi connectivity index (χ1n) is 6.40. The molecule has 1 aromatic rings. The first kappa shape index (κ1) is 15.4. The minimum Gasteiger partial charge on any atom is -0.419 e. The van der Waals surface area contributed by atoms with E-state index in [0.717, 1.165) is 16.8 Å². The van der Waals surface area contributed by atoms with Gasteiger partial charge in [0.1, 0.15) is 0 Å². The lowest BCUT2D eigenvalue weighted by Gasteiger charge is -2.29. The Labute approximate surface area is 127 Å². The Bertz CT molecular complexity index is 627. The van der Waals surface area contributed by atoms with E-state index in [4.69, 9.17) is 21.1 Å². The summed E-state index contributed by atoms with van der Waals surface area (Å²) in [5.74, 6) is -2.69. The second kappa shape index (κ2) is 5.41. The van der Waals surface area contributed by atoms with E-state index in [9.17, 15) is 9.59 Å². The number of rotatable bonds is 2. The van der Waals surface area contributed by atoms with Crippen LogP contribution in [0.3, 0.4) is 0 Å². The predicted octanol–water partition coefficient (Wildman–Crippen LogP) is 3.09. The van der Waals surface area contributed by atoms with Crippen LogP contribution < -0.4 is 5.32 Å². The summed E-state index contributed by atoms with van der Waals surface area (Å²) < 4.78 is 10.0. The molecule has 0 saturated carbocycles. The summed E-state index contributed by atoms with van der Waals surface area (Å²) in [7, 11) is 0. The molecule has 0 unspecified atom stereocenters. The van der Waals surface area contributed by atoms with Crippen molar-refractivity contribution in [2.24, 2.45) is 0 Å². The summed E-state index contributed by atoms with van der Waals surface area (Å²) in [4.78, 5) is 23.6. The lowest BCUT2D eigenvalue weighted by atomic mass is 10.1. The minimum absolute atomic E-state index is 0.187. The quantitative estimate of drug-likeness (QED) is 0.516. The van der Waals surface area contributed by atoms with Crippen LogP contribution in [0.4, 0.5) is 5.69 Å². The molecule has 0 spiro atoms. The van der Waals surface area contributed by atoms with Crippen molar-refractivity contribution in [3.8, 4) is 0 Å². The number of ether oxygens (including phenoxy) is 2. The number of carbonyl (C=O) groups excluding carboxylic acids is 2. The van der Waals surface area contributed by atoms with E-state index < -0.39 is 17.7 Å². The van der Waals surface area contributed by atoms with Gasteiger partial charge in [-0.25, -0.2) is 9.59 Å². The Morgan fingerprint density at radius 2 is 1.71 bits per heavy atom. The zero-order valence-electron chi connectivity index (χ0n) is 12.2. The lowest BCUT2D eigenvalue weighted by molar-refractivity contribution is -0.222. The first-order chi connectivity index (χ1) is 9.71. The van der Waals surface area contributed by atoms with Gasteiger partial charge in [0.2, 0.25) is 0 Å². The standard InChI is InChI=1S/C15H16ClNO4/c1-8-5-6-11(16)9(2)12(8)17-7-10-13(18)20-15(3,4)21-14(10)19/h5-7,17H,1-4H3. The van der Waals surface area contributed by atoms with Gasteiger partial charge in [-0.1, -0.05) is 17.7 Å². The zero-order valence-corrected chi connectivity index (χ0v) is 13.0. The van der Waals surface area contributed by atoms with Gasteiger partial charge in [-0.05, 0) is 31.0 Å². The Hall–Kier alpha value is -2.01. The number of cyclic esters (lactones) is 2. The molecule has 6 heteroatoms. The second-order valence-electron chi connectivity index (χ2n) is 5.25. The number of aryl methyl sites for hydroxylation is 1. The highest BCUT2D eigenvalue weighted by Gasteiger charge is 2.38. The zero-order chi connectivity index (χ0) is 15.8. The van der Waals surface area contributed by atoms with Gasteiger partial charge in [-0.2, -0.15) is 0 Å². The summed E-state index contributed by atoms with van der Waals surface area (Å²) in [5, 5.41) is 3.53. The summed E-state index contributed by atoms with van der Waals surface area (Å²) in [5.41, 5.74) is 2.31. The molecule has 1 fully saturated rings. The van der Waals surface area contributed by atoms with Gasteiger partial charge in [0.15, 0.2) is 5.57 Å². The van der Waals surface area contributed by atoms with Gasteiger partial charge >= 0.3 is 11.9 Å². The summed E-state index contributed by atoms with van der Waals surface area (Å²) in [6, 6.07) is 3.63. The highest BCUT2D eigenvalue weighted by molar-refractivity contribution is 6.31. The number of halogens is 1. The number of nitrogens with one attached hydrogen (secondary N) is 1. The number of anilines is 1. The molecule has 0 amide bonds. The highest BCUT2D eigenvalue weighted by Crippen LogP contribution is 2.28. The van der Waals surface area contributed by atoms with Gasteiger partial charge in [0, 0.05) is 30.8 Å². The monoisotopic (exact) mass is 309 g/mol. The molecule has 1 saturated heterocycles. The average Bonchev–Trinajstić information content (AvgIpc) is 2.35. The molecule has 1 aromatic carbocycles. The van der Waals surface area contributed by atoms with Gasteiger partial charge in [0.05, 0.1) is 0 Å². The Morgan fingerprint density at radius 3 is 2.29 bits per heavy atom. The van der Waals surface area contributed by atoms with Crippen molar-refractivity contribution >= 4 is 29.2 Å².